The number of anilines is 1. The number of piperidine rings is 1. The molecule has 1 unspecified atom stereocenters. The molecule has 0 saturated carbocycles. The van der Waals surface area contributed by atoms with Gasteiger partial charge in [0.25, 0.3) is 0 Å². The number of hydrogen-bond donors (Lipinski definition) is 1. The van der Waals surface area contributed by atoms with E-state index in [2.05, 4.69) is 16.8 Å². The molecule has 1 aliphatic heterocycles. The van der Waals surface area contributed by atoms with Crippen molar-refractivity contribution < 1.29 is 9.53 Å². The lowest BCUT2D eigenvalue weighted by Crippen LogP contribution is -2.37. The zero-order chi connectivity index (χ0) is 19.0. The van der Waals surface area contributed by atoms with E-state index < -0.39 is 0 Å². The van der Waals surface area contributed by atoms with Gasteiger partial charge in [0.15, 0.2) is 0 Å². The summed E-state index contributed by atoms with van der Waals surface area (Å²) in [6.07, 6.45) is 5.98. The smallest absolute Gasteiger partial charge is 0.308 e. The molecule has 6 nitrogen and oxygen atoms in total. The highest BCUT2D eigenvalue weighted by atomic mass is 32.1. The topological polar surface area (TPSA) is 81.3 Å². The number of carbonyl (C=O) groups excluding carboxylic acids is 1. The van der Waals surface area contributed by atoms with Crippen molar-refractivity contribution in [1.82, 2.24) is 14.9 Å². The van der Waals surface area contributed by atoms with Crippen LogP contribution in [0.25, 0.3) is 10.2 Å². The lowest BCUT2D eigenvalue weighted by molar-refractivity contribution is -0.147. The number of fused-ring (bicyclic) bond motifs is 3. The Morgan fingerprint density at radius 2 is 2.07 bits per heavy atom. The first-order valence-corrected chi connectivity index (χ1v) is 10.7. The predicted octanol–water partition coefficient (Wildman–Crippen LogP) is 2.83. The van der Waals surface area contributed by atoms with Gasteiger partial charge in [-0.05, 0) is 56.7 Å². The first-order valence-electron chi connectivity index (χ1n) is 9.92. The molecular formula is C20H28N4O2S. The summed E-state index contributed by atoms with van der Waals surface area (Å²) in [4.78, 5) is 26.0. The van der Waals surface area contributed by atoms with Gasteiger partial charge >= 0.3 is 5.97 Å². The number of aryl methyl sites for hydroxylation is 1. The number of likely N-dealkylation sites (tertiary alicyclic amines) is 1. The highest BCUT2D eigenvalue weighted by Gasteiger charge is 2.26. The number of methoxy groups -OCH3 is 1. The maximum Gasteiger partial charge on any atom is 0.308 e. The maximum atomic E-state index is 11.6. The van der Waals surface area contributed by atoms with Gasteiger partial charge in [-0.3, -0.25) is 4.79 Å². The van der Waals surface area contributed by atoms with Crippen LogP contribution in [0.15, 0.2) is 0 Å². The minimum atomic E-state index is -0.0767. The van der Waals surface area contributed by atoms with Crippen LogP contribution in [0.4, 0.5) is 5.82 Å². The normalized spacial score (nSPS) is 21.3. The van der Waals surface area contributed by atoms with E-state index >= 15 is 0 Å². The number of ether oxygens (including phenoxy) is 1. The molecule has 1 fully saturated rings. The lowest BCUT2D eigenvalue weighted by Gasteiger charge is -2.30. The summed E-state index contributed by atoms with van der Waals surface area (Å²) in [7, 11) is 1.47. The second kappa shape index (κ2) is 7.72. The average Bonchev–Trinajstić information content (AvgIpc) is 3.03. The molecule has 7 heteroatoms. The molecule has 0 bridgehead atoms. The SMILES string of the molecule is COC(=O)C1CCN(CCc2nc(N)c3c4c(sc3n2)CC(C)CC4)CC1. The van der Waals surface area contributed by atoms with Crippen LogP contribution in [0, 0.1) is 11.8 Å². The Labute approximate surface area is 164 Å². The van der Waals surface area contributed by atoms with Gasteiger partial charge in [-0.2, -0.15) is 0 Å². The van der Waals surface area contributed by atoms with Gasteiger partial charge in [0.05, 0.1) is 18.4 Å². The Bertz CT molecular complexity index is 842. The summed E-state index contributed by atoms with van der Waals surface area (Å²) in [5.74, 6) is 2.20. The fourth-order valence-corrected chi connectivity index (χ4v) is 5.75. The van der Waals surface area contributed by atoms with E-state index in [1.54, 1.807) is 11.3 Å². The first kappa shape index (κ1) is 18.6. The number of hydrogen-bond acceptors (Lipinski definition) is 7. The van der Waals surface area contributed by atoms with Crippen molar-refractivity contribution in [1.29, 1.82) is 0 Å². The molecule has 3 heterocycles. The van der Waals surface area contributed by atoms with Crippen molar-refractivity contribution in [3.63, 3.8) is 0 Å². The van der Waals surface area contributed by atoms with Gasteiger partial charge in [0, 0.05) is 17.8 Å². The van der Waals surface area contributed by atoms with E-state index in [0.717, 1.165) is 73.7 Å². The summed E-state index contributed by atoms with van der Waals surface area (Å²) in [5, 5.41) is 1.10. The van der Waals surface area contributed by atoms with Crippen LogP contribution in [-0.4, -0.2) is 47.6 Å². The van der Waals surface area contributed by atoms with Crippen molar-refractivity contribution in [2.45, 2.75) is 45.4 Å². The van der Waals surface area contributed by atoms with E-state index in [1.807, 2.05) is 0 Å². The van der Waals surface area contributed by atoms with Crippen LogP contribution in [0.1, 0.15) is 42.5 Å². The first-order chi connectivity index (χ1) is 13.0. The van der Waals surface area contributed by atoms with Gasteiger partial charge < -0.3 is 15.4 Å². The van der Waals surface area contributed by atoms with Gasteiger partial charge in [-0.25, -0.2) is 9.97 Å². The summed E-state index contributed by atoms with van der Waals surface area (Å²) in [6, 6.07) is 0. The van der Waals surface area contributed by atoms with Crippen LogP contribution in [0.2, 0.25) is 0 Å². The Kier molecular flexibility index (Phi) is 5.32. The largest absolute Gasteiger partial charge is 0.469 e. The van der Waals surface area contributed by atoms with Crippen LogP contribution in [-0.2, 0) is 28.8 Å². The van der Waals surface area contributed by atoms with Gasteiger partial charge in [0.2, 0.25) is 0 Å². The fourth-order valence-electron chi connectivity index (χ4n) is 4.35. The van der Waals surface area contributed by atoms with E-state index in [9.17, 15) is 4.79 Å². The van der Waals surface area contributed by atoms with E-state index in [0.29, 0.717) is 5.82 Å². The van der Waals surface area contributed by atoms with Crippen LogP contribution < -0.4 is 5.73 Å². The third kappa shape index (κ3) is 3.80. The number of nitrogens with two attached hydrogens (primary N) is 1. The average molecular weight is 389 g/mol. The molecule has 1 saturated heterocycles. The second-order valence-electron chi connectivity index (χ2n) is 7.95. The number of nitrogen functional groups attached to an aromatic ring is 1. The van der Waals surface area contributed by atoms with Crippen LogP contribution >= 0.6 is 11.3 Å². The molecule has 2 aliphatic rings. The molecule has 2 aromatic heterocycles. The molecular weight excluding hydrogens is 360 g/mol. The Balaban J connectivity index is 1.42. The highest BCUT2D eigenvalue weighted by Crippen LogP contribution is 2.39. The molecule has 0 amide bonds. The van der Waals surface area contributed by atoms with Crippen molar-refractivity contribution in [2.75, 3.05) is 32.5 Å². The molecule has 0 radical (unpaired) electrons. The van der Waals surface area contributed by atoms with Crippen LogP contribution in [0.3, 0.4) is 0 Å². The van der Waals surface area contributed by atoms with Crippen molar-refractivity contribution in [3.05, 3.63) is 16.3 Å². The molecule has 1 atom stereocenters. The number of thiophene rings is 1. The fraction of sp³-hybridized carbons (Fsp3) is 0.650. The van der Waals surface area contributed by atoms with Gasteiger partial charge in [-0.15, -0.1) is 11.3 Å². The quantitative estimate of drug-likeness (QED) is 0.811. The zero-order valence-corrected chi connectivity index (χ0v) is 17.0. The third-order valence-corrected chi connectivity index (χ3v) is 7.15. The number of esters is 1. The number of aromatic nitrogens is 2. The molecule has 2 aromatic rings. The third-order valence-electron chi connectivity index (χ3n) is 6.00. The van der Waals surface area contributed by atoms with Gasteiger partial charge in [-0.1, -0.05) is 6.92 Å². The Morgan fingerprint density at radius 1 is 1.30 bits per heavy atom. The zero-order valence-electron chi connectivity index (χ0n) is 16.2. The Hall–Kier alpha value is -1.73. The molecule has 1 aliphatic carbocycles. The van der Waals surface area contributed by atoms with Crippen molar-refractivity contribution in [3.8, 4) is 0 Å². The predicted molar refractivity (Wildman–Crippen MR) is 108 cm³/mol. The minimum Gasteiger partial charge on any atom is -0.469 e. The minimum absolute atomic E-state index is 0.0503. The molecule has 0 spiro atoms. The molecule has 27 heavy (non-hydrogen) atoms. The molecule has 0 aromatic carbocycles. The summed E-state index contributed by atoms with van der Waals surface area (Å²) >= 11 is 1.80. The summed E-state index contributed by atoms with van der Waals surface area (Å²) < 4.78 is 4.86. The second-order valence-corrected chi connectivity index (χ2v) is 9.03. The maximum absolute atomic E-state index is 11.6. The highest BCUT2D eigenvalue weighted by molar-refractivity contribution is 7.19. The summed E-state index contributed by atoms with van der Waals surface area (Å²) in [6.45, 7) is 5.06. The number of carbonyl (C=O) groups is 1. The van der Waals surface area contributed by atoms with Crippen molar-refractivity contribution >= 4 is 33.3 Å². The van der Waals surface area contributed by atoms with Crippen molar-refractivity contribution in [2.24, 2.45) is 11.8 Å². The monoisotopic (exact) mass is 388 g/mol. The van der Waals surface area contributed by atoms with Crippen LogP contribution in [0.5, 0.6) is 0 Å². The Morgan fingerprint density at radius 3 is 2.81 bits per heavy atom. The van der Waals surface area contributed by atoms with E-state index in [1.165, 1.54) is 24.0 Å². The lowest BCUT2D eigenvalue weighted by atomic mass is 9.89. The van der Waals surface area contributed by atoms with E-state index in [-0.39, 0.29) is 11.9 Å². The van der Waals surface area contributed by atoms with E-state index in [4.69, 9.17) is 15.5 Å². The van der Waals surface area contributed by atoms with Gasteiger partial charge in [0.1, 0.15) is 16.5 Å². The summed E-state index contributed by atoms with van der Waals surface area (Å²) in [5.41, 5.74) is 7.72. The standard InChI is InChI=1S/C20H28N4O2S/c1-12-3-4-14-15(11-12)27-19-17(14)18(21)22-16(23-19)7-10-24-8-5-13(6-9-24)20(25)26-2/h12-13H,3-11H2,1-2H3,(H2,21,22,23). The molecule has 4 rings (SSSR count). The molecule has 2 N–H and O–H groups in total. The molecule has 146 valence electrons. The number of nitrogens with zero attached hydrogens (tertiary/aromatic N) is 3. The number of rotatable bonds is 4.